The molecule has 0 aliphatic heterocycles. The van der Waals surface area contributed by atoms with E-state index in [1.807, 2.05) is 25.2 Å². The molecule has 0 fully saturated rings. The highest BCUT2D eigenvalue weighted by atomic mass is 32.2. The fourth-order valence-corrected chi connectivity index (χ4v) is 4.91. The summed E-state index contributed by atoms with van der Waals surface area (Å²) < 4.78 is 0. The van der Waals surface area contributed by atoms with Gasteiger partial charge < -0.3 is 0 Å². The molecule has 1 aromatic carbocycles. The molecule has 0 atom stereocenters. The second kappa shape index (κ2) is 18.4. The third kappa shape index (κ3) is 11.9. The van der Waals surface area contributed by atoms with Gasteiger partial charge in [0.15, 0.2) is 0 Å². The molecule has 0 aliphatic carbocycles. The lowest BCUT2D eigenvalue weighted by molar-refractivity contribution is 0.886. The monoisotopic (exact) mass is 529 g/mol. The Morgan fingerprint density at radius 1 is 0.946 bits per heavy atom. The van der Waals surface area contributed by atoms with Crippen molar-refractivity contribution in [3.05, 3.63) is 106 Å². The molecule has 196 valence electrons. The molecule has 1 heterocycles. The first-order valence-corrected chi connectivity index (χ1v) is 15.1. The summed E-state index contributed by atoms with van der Waals surface area (Å²) in [5.74, 6) is 0. The Labute approximate surface area is 234 Å². The SMILES string of the molecule is CCCC.CC\C(C)=C/C=C/C=C/C(C)=C(\SC)c1ccc(-c2ccc(/C=C/C=C(/C)C#N)s2)cc1C. The van der Waals surface area contributed by atoms with Crippen molar-refractivity contribution in [2.45, 2.75) is 67.7 Å². The number of aryl methyl sites for hydroxylation is 1. The van der Waals surface area contributed by atoms with Crippen molar-refractivity contribution < 1.29 is 0 Å². The minimum absolute atomic E-state index is 0.705. The smallest absolute Gasteiger partial charge is 0.0944 e. The van der Waals surface area contributed by atoms with Crippen LogP contribution in [0.5, 0.6) is 0 Å². The van der Waals surface area contributed by atoms with Gasteiger partial charge in [-0.3, -0.25) is 0 Å². The van der Waals surface area contributed by atoms with Crippen molar-refractivity contribution in [1.29, 1.82) is 5.26 Å². The molecule has 1 aromatic heterocycles. The van der Waals surface area contributed by atoms with Crippen molar-refractivity contribution in [3.8, 4) is 16.5 Å². The average Bonchev–Trinajstić information content (AvgIpc) is 3.38. The summed E-state index contributed by atoms with van der Waals surface area (Å²) in [7, 11) is 0. The first-order chi connectivity index (χ1) is 17.8. The normalized spacial score (nSPS) is 13.2. The lowest BCUT2D eigenvalue weighted by Gasteiger charge is -2.12. The first-order valence-electron chi connectivity index (χ1n) is 13.0. The first kappa shape index (κ1) is 32.2. The quantitative estimate of drug-likeness (QED) is 0.226. The van der Waals surface area contributed by atoms with Gasteiger partial charge in [-0.15, -0.1) is 23.1 Å². The molecule has 0 saturated carbocycles. The van der Waals surface area contributed by atoms with Gasteiger partial charge in [-0.2, -0.15) is 5.26 Å². The van der Waals surface area contributed by atoms with Crippen LogP contribution in [-0.2, 0) is 0 Å². The average molecular weight is 530 g/mol. The van der Waals surface area contributed by atoms with Crippen LogP contribution in [0.2, 0.25) is 0 Å². The van der Waals surface area contributed by atoms with E-state index in [0.717, 1.165) is 6.42 Å². The minimum Gasteiger partial charge on any atom is -0.193 e. The summed E-state index contributed by atoms with van der Waals surface area (Å²) in [4.78, 5) is 3.73. The molecule has 2 rings (SSSR count). The van der Waals surface area contributed by atoms with Gasteiger partial charge in [0.25, 0.3) is 0 Å². The molecule has 37 heavy (non-hydrogen) atoms. The second-order valence-corrected chi connectivity index (χ2v) is 10.8. The Kier molecular flexibility index (Phi) is 16.1. The van der Waals surface area contributed by atoms with Crippen LogP contribution >= 0.6 is 23.1 Å². The van der Waals surface area contributed by atoms with Crippen molar-refractivity contribution in [3.63, 3.8) is 0 Å². The molecular formula is C34H43NS2. The number of nitrogens with zero attached hydrogens (tertiary/aromatic N) is 1. The van der Waals surface area contributed by atoms with Crippen LogP contribution < -0.4 is 0 Å². The van der Waals surface area contributed by atoms with E-state index in [4.69, 9.17) is 5.26 Å². The molecule has 0 amide bonds. The van der Waals surface area contributed by atoms with Gasteiger partial charge in [0.05, 0.1) is 6.07 Å². The number of thiophene rings is 1. The number of nitriles is 1. The number of thioether (sulfide) groups is 1. The van der Waals surface area contributed by atoms with Crippen LogP contribution in [0.25, 0.3) is 21.4 Å². The number of rotatable bonds is 10. The molecule has 0 N–H and O–H groups in total. The third-order valence-electron chi connectivity index (χ3n) is 5.73. The molecule has 0 radical (unpaired) electrons. The topological polar surface area (TPSA) is 23.8 Å². The number of unbranched alkanes of at least 4 members (excludes halogenated alkanes) is 1. The lowest BCUT2D eigenvalue weighted by Crippen LogP contribution is -1.89. The Hall–Kier alpha value is -2.80. The van der Waals surface area contributed by atoms with Crippen LogP contribution in [0.15, 0.2) is 89.6 Å². The highest BCUT2D eigenvalue weighted by Gasteiger charge is 2.09. The largest absolute Gasteiger partial charge is 0.193 e. The maximum atomic E-state index is 8.85. The van der Waals surface area contributed by atoms with E-state index in [2.05, 4.69) is 115 Å². The van der Waals surface area contributed by atoms with E-state index in [9.17, 15) is 0 Å². The summed E-state index contributed by atoms with van der Waals surface area (Å²) in [6.45, 7) is 14.9. The molecule has 3 heteroatoms. The van der Waals surface area contributed by atoms with E-state index in [1.54, 1.807) is 23.1 Å². The zero-order valence-corrected chi connectivity index (χ0v) is 25.5. The van der Waals surface area contributed by atoms with Crippen molar-refractivity contribution >= 4 is 34.1 Å². The van der Waals surface area contributed by atoms with E-state index >= 15 is 0 Å². The maximum Gasteiger partial charge on any atom is 0.0944 e. The van der Waals surface area contributed by atoms with E-state index in [0.29, 0.717) is 5.57 Å². The number of hydrogen-bond donors (Lipinski definition) is 0. The predicted octanol–water partition coefficient (Wildman–Crippen LogP) is 11.6. The number of hydrogen-bond acceptors (Lipinski definition) is 3. The van der Waals surface area contributed by atoms with E-state index < -0.39 is 0 Å². The standard InChI is InChI=1S/C30H33NS2.C4H10/c1-7-22(2)12-9-8-10-14-24(4)30(32-6)28-18-16-26(20-25(28)5)29-19-17-27(33-29)15-11-13-23(3)21-31;1-3-4-2/h8-20H,7H2,1-6H3;3-4H2,1-2H3/b9-8+,14-10+,15-11+,22-12-,23-13-,30-24-;. The number of allylic oxidation sites excluding steroid dienone is 10. The molecule has 1 nitrogen and oxygen atoms in total. The van der Waals surface area contributed by atoms with Gasteiger partial charge in [-0.05, 0) is 93.0 Å². The maximum absolute atomic E-state index is 8.85. The molecule has 0 spiro atoms. The van der Waals surface area contributed by atoms with E-state index in [1.165, 1.54) is 55.3 Å². The molecule has 0 unspecified atom stereocenters. The fourth-order valence-electron chi connectivity index (χ4n) is 3.15. The Bertz CT molecular complexity index is 1200. The second-order valence-electron chi connectivity index (χ2n) is 8.88. The van der Waals surface area contributed by atoms with Crippen molar-refractivity contribution in [1.82, 2.24) is 0 Å². The van der Waals surface area contributed by atoms with Gasteiger partial charge in [-0.25, -0.2) is 0 Å². The van der Waals surface area contributed by atoms with Crippen molar-refractivity contribution in [2.24, 2.45) is 0 Å². The molecule has 0 bridgehead atoms. The molecule has 0 aliphatic rings. The zero-order chi connectivity index (χ0) is 27.6. The van der Waals surface area contributed by atoms with Gasteiger partial charge >= 0.3 is 0 Å². The fraction of sp³-hybridized carbons (Fsp3) is 0.324. The molecule has 0 saturated heterocycles. The van der Waals surface area contributed by atoms with Gasteiger partial charge in [-0.1, -0.05) is 87.8 Å². The summed E-state index contributed by atoms with van der Waals surface area (Å²) in [5, 5.41) is 8.85. The Morgan fingerprint density at radius 3 is 2.27 bits per heavy atom. The van der Waals surface area contributed by atoms with Crippen molar-refractivity contribution in [2.75, 3.05) is 6.26 Å². The van der Waals surface area contributed by atoms with Gasteiger partial charge in [0.1, 0.15) is 0 Å². The lowest BCUT2D eigenvalue weighted by atomic mass is 10.0. The number of benzene rings is 1. The summed E-state index contributed by atoms with van der Waals surface area (Å²) in [6, 6.07) is 13.2. The molecule has 2 aromatic rings. The summed E-state index contributed by atoms with van der Waals surface area (Å²) >= 11 is 3.55. The highest BCUT2D eigenvalue weighted by molar-refractivity contribution is 8.07. The summed E-state index contributed by atoms with van der Waals surface area (Å²) in [6.07, 6.45) is 22.4. The van der Waals surface area contributed by atoms with Crippen LogP contribution in [0.4, 0.5) is 0 Å². The zero-order valence-electron chi connectivity index (χ0n) is 23.9. The summed E-state index contributed by atoms with van der Waals surface area (Å²) in [5.41, 5.74) is 7.15. The predicted molar refractivity (Wildman–Crippen MR) is 172 cm³/mol. The van der Waals surface area contributed by atoms with Crippen LogP contribution in [0.3, 0.4) is 0 Å². The van der Waals surface area contributed by atoms with E-state index in [-0.39, 0.29) is 0 Å². The third-order valence-corrected chi connectivity index (χ3v) is 7.78. The van der Waals surface area contributed by atoms with Crippen LogP contribution in [-0.4, -0.2) is 6.26 Å². The molecular weight excluding hydrogens is 487 g/mol. The Morgan fingerprint density at radius 2 is 1.68 bits per heavy atom. The van der Waals surface area contributed by atoms with Gasteiger partial charge in [0, 0.05) is 20.2 Å². The van der Waals surface area contributed by atoms with Crippen LogP contribution in [0, 0.1) is 18.3 Å². The van der Waals surface area contributed by atoms with Gasteiger partial charge in [0.2, 0.25) is 0 Å². The minimum atomic E-state index is 0.705. The highest BCUT2D eigenvalue weighted by Crippen LogP contribution is 2.35. The van der Waals surface area contributed by atoms with Crippen LogP contribution in [0.1, 0.15) is 76.8 Å². The Balaban J connectivity index is 0.00000159.